The fraction of sp³-hybridized carbons (Fsp3) is 0.231. The van der Waals surface area contributed by atoms with E-state index < -0.39 is 17.7 Å². The van der Waals surface area contributed by atoms with Gasteiger partial charge in [-0.1, -0.05) is 12.1 Å². The fourth-order valence-electron chi connectivity index (χ4n) is 4.00. The summed E-state index contributed by atoms with van der Waals surface area (Å²) in [5, 5.41) is 13.2. The second-order valence-corrected chi connectivity index (χ2v) is 8.62. The number of carbonyl (C=O) groups excluding carboxylic acids is 2. The summed E-state index contributed by atoms with van der Waals surface area (Å²) in [6.07, 6.45) is 0. The first-order valence-electron chi connectivity index (χ1n) is 10.7. The van der Waals surface area contributed by atoms with Crippen molar-refractivity contribution in [3.8, 4) is 17.2 Å². The molecule has 0 aliphatic carbocycles. The highest BCUT2D eigenvalue weighted by Crippen LogP contribution is 2.46. The van der Waals surface area contributed by atoms with E-state index in [1.54, 1.807) is 42.5 Å². The van der Waals surface area contributed by atoms with Crippen LogP contribution in [0.3, 0.4) is 0 Å². The van der Waals surface area contributed by atoms with Gasteiger partial charge in [-0.05, 0) is 43.0 Å². The minimum absolute atomic E-state index is 0.0194. The number of methoxy groups -OCH3 is 2. The fourth-order valence-corrected chi connectivity index (χ4v) is 5.02. The maximum Gasteiger partial charge on any atom is 0.300 e. The van der Waals surface area contributed by atoms with E-state index in [2.05, 4.69) is 0 Å². The predicted octanol–water partition coefficient (Wildman–Crippen LogP) is 5.10. The zero-order chi connectivity index (χ0) is 24.4. The first-order chi connectivity index (χ1) is 16.4. The van der Waals surface area contributed by atoms with Crippen LogP contribution in [0, 0.1) is 6.92 Å². The van der Waals surface area contributed by atoms with Gasteiger partial charge in [-0.2, -0.15) is 0 Å². The minimum atomic E-state index is -0.812. The molecule has 4 rings (SSSR count). The maximum atomic E-state index is 13.4. The Morgan fingerprint density at radius 1 is 1.03 bits per heavy atom. The van der Waals surface area contributed by atoms with Crippen molar-refractivity contribution in [1.29, 1.82) is 0 Å². The molecule has 1 aliphatic heterocycles. The number of ketones is 1. The van der Waals surface area contributed by atoms with Gasteiger partial charge in [0.05, 0.1) is 32.1 Å². The Hall–Kier alpha value is -3.78. The van der Waals surface area contributed by atoms with Crippen LogP contribution in [0.25, 0.3) is 5.76 Å². The molecule has 2 aromatic carbocycles. The number of aliphatic hydroxyl groups is 1. The van der Waals surface area contributed by atoms with Crippen molar-refractivity contribution in [2.24, 2.45) is 0 Å². The third kappa shape index (κ3) is 4.12. The minimum Gasteiger partial charge on any atom is -0.507 e. The topological polar surface area (TPSA) is 85.3 Å². The Kier molecular flexibility index (Phi) is 6.61. The van der Waals surface area contributed by atoms with E-state index in [-0.39, 0.29) is 11.3 Å². The van der Waals surface area contributed by atoms with Crippen molar-refractivity contribution >= 4 is 34.5 Å². The Morgan fingerprint density at radius 3 is 2.32 bits per heavy atom. The number of rotatable bonds is 7. The second kappa shape index (κ2) is 9.61. The molecule has 1 aliphatic rings. The highest BCUT2D eigenvalue weighted by molar-refractivity contribution is 7.10. The van der Waals surface area contributed by atoms with E-state index in [0.29, 0.717) is 35.1 Å². The molecular formula is C26H25NO6S. The number of nitrogens with zero attached hydrogens (tertiary/aromatic N) is 1. The average molecular weight is 480 g/mol. The summed E-state index contributed by atoms with van der Waals surface area (Å²) in [7, 11) is 3.03. The molecule has 0 saturated carbocycles. The van der Waals surface area contributed by atoms with Gasteiger partial charge < -0.3 is 19.3 Å². The smallest absolute Gasteiger partial charge is 0.300 e. The molecule has 7 nitrogen and oxygen atoms in total. The number of anilines is 1. The molecular weight excluding hydrogens is 454 g/mol. The second-order valence-electron chi connectivity index (χ2n) is 7.67. The molecule has 34 heavy (non-hydrogen) atoms. The van der Waals surface area contributed by atoms with Gasteiger partial charge in [0.2, 0.25) is 0 Å². The van der Waals surface area contributed by atoms with Crippen LogP contribution < -0.4 is 19.1 Å². The number of aryl methyl sites for hydroxylation is 1. The van der Waals surface area contributed by atoms with Crippen LogP contribution in [0.5, 0.6) is 17.2 Å². The predicted molar refractivity (Wildman–Crippen MR) is 131 cm³/mol. The number of thiophene rings is 1. The number of aliphatic hydroxyl groups excluding tert-OH is 1. The lowest BCUT2D eigenvalue weighted by molar-refractivity contribution is -0.132. The summed E-state index contributed by atoms with van der Waals surface area (Å²) in [6.45, 7) is 4.23. The van der Waals surface area contributed by atoms with Crippen molar-refractivity contribution in [2.45, 2.75) is 19.9 Å². The third-order valence-corrected chi connectivity index (χ3v) is 6.70. The van der Waals surface area contributed by atoms with Crippen LogP contribution >= 0.6 is 11.3 Å². The summed E-state index contributed by atoms with van der Waals surface area (Å²) >= 11 is 1.42. The van der Waals surface area contributed by atoms with Crippen LogP contribution in [-0.4, -0.2) is 37.6 Å². The summed E-state index contributed by atoms with van der Waals surface area (Å²) in [5.41, 5.74) is 1.75. The number of ether oxygens (including phenoxy) is 3. The summed E-state index contributed by atoms with van der Waals surface area (Å²) in [6, 6.07) is 13.0. The van der Waals surface area contributed by atoms with Gasteiger partial charge in [-0.15, -0.1) is 11.3 Å². The van der Waals surface area contributed by atoms with Gasteiger partial charge in [0.1, 0.15) is 29.0 Å². The van der Waals surface area contributed by atoms with Crippen molar-refractivity contribution in [1.82, 2.24) is 0 Å². The monoisotopic (exact) mass is 479 g/mol. The van der Waals surface area contributed by atoms with E-state index in [1.807, 2.05) is 25.3 Å². The number of amides is 1. The zero-order valence-electron chi connectivity index (χ0n) is 19.3. The third-order valence-electron chi connectivity index (χ3n) is 5.63. The lowest BCUT2D eigenvalue weighted by Crippen LogP contribution is -2.29. The molecule has 0 bridgehead atoms. The Labute approximate surface area is 201 Å². The largest absolute Gasteiger partial charge is 0.507 e. The molecule has 176 valence electrons. The quantitative estimate of drug-likeness (QED) is 0.288. The van der Waals surface area contributed by atoms with Crippen LogP contribution in [0.2, 0.25) is 0 Å². The number of hydrogen-bond acceptors (Lipinski definition) is 7. The maximum absolute atomic E-state index is 13.4. The molecule has 1 fully saturated rings. The van der Waals surface area contributed by atoms with Gasteiger partial charge in [0, 0.05) is 28.6 Å². The van der Waals surface area contributed by atoms with E-state index in [0.717, 1.165) is 10.4 Å². The Morgan fingerprint density at radius 2 is 1.74 bits per heavy atom. The van der Waals surface area contributed by atoms with E-state index >= 15 is 0 Å². The molecule has 1 amide bonds. The highest BCUT2D eigenvalue weighted by atomic mass is 32.1. The lowest BCUT2D eigenvalue weighted by Gasteiger charge is -2.25. The standard InChI is InChI=1S/C26H25NO6S/c1-5-33-18-8-6-7-16(11-18)23(28)21-22(25-15(2)9-10-34-25)27(26(30)24(21)29)17-12-19(31-3)14-20(13-17)32-4/h6-14,22,28H,5H2,1-4H3/b23-21-. The molecule has 0 spiro atoms. The molecule has 1 atom stereocenters. The molecule has 1 saturated heterocycles. The van der Waals surface area contributed by atoms with Gasteiger partial charge >= 0.3 is 0 Å². The number of hydrogen-bond donors (Lipinski definition) is 1. The highest BCUT2D eigenvalue weighted by Gasteiger charge is 2.48. The van der Waals surface area contributed by atoms with Gasteiger partial charge in [-0.25, -0.2) is 0 Å². The Bertz CT molecular complexity index is 1260. The van der Waals surface area contributed by atoms with Gasteiger partial charge in [0.25, 0.3) is 11.7 Å². The van der Waals surface area contributed by atoms with Crippen LogP contribution in [0.4, 0.5) is 5.69 Å². The number of carbonyl (C=O) groups is 2. The summed E-state index contributed by atoms with van der Waals surface area (Å²) in [4.78, 5) is 28.9. The summed E-state index contributed by atoms with van der Waals surface area (Å²) < 4.78 is 16.3. The molecule has 8 heteroatoms. The summed E-state index contributed by atoms with van der Waals surface area (Å²) in [5.74, 6) is -0.253. The van der Waals surface area contributed by atoms with Crippen LogP contribution in [0.1, 0.15) is 29.0 Å². The van der Waals surface area contributed by atoms with Crippen LogP contribution in [-0.2, 0) is 9.59 Å². The lowest BCUT2D eigenvalue weighted by atomic mass is 9.98. The average Bonchev–Trinajstić information content (AvgIpc) is 3.38. The van der Waals surface area contributed by atoms with Crippen LogP contribution in [0.15, 0.2) is 59.5 Å². The normalized spacial score (nSPS) is 17.2. The molecule has 1 unspecified atom stereocenters. The van der Waals surface area contributed by atoms with E-state index in [9.17, 15) is 14.7 Å². The van der Waals surface area contributed by atoms with Crippen molar-refractivity contribution in [3.63, 3.8) is 0 Å². The SMILES string of the molecule is CCOc1cccc(/C(O)=C2/C(=O)C(=O)N(c3cc(OC)cc(OC)c3)C2c2sccc2C)c1. The zero-order valence-corrected chi connectivity index (χ0v) is 20.1. The van der Waals surface area contributed by atoms with Gasteiger partial charge in [0.15, 0.2) is 0 Å². The molecule has 2 heterocycles. The number of Topliss-reactive ketones (excluding diaryl/α,β-unsaturated/α-hetero) is 1. The first-order valence-corrected chi connectivity index (χ1v) is 11.6. The van der Waals surface area contributed by atoms with E-state index in [4.69, 9.17) is 14.2 Å². The molecule has 1 N–H and O–H groups in total. The first kappa shape index (κ1) is 23.4. The molecule has 3 aromatic rings. The number of benzene rings is 2. The molecule has 0 radical (unpaired) electrons. The Balaban J connectivity index is 1.94. The molecule has 1 aromatic heterocycles. The van der Waals surface area contributed by atoms with Crippen molar-refractivity contribution in [3.05, 3.63) is 75.5 Å². The van der Waals surface area contributed by atoms with E-state index in [1.165, 1.54) is 30.5 Å². The van der Waals surface area contributed by atoms with Gasteiger partial charge in [-0.3, -0.25) is 14.5 Å². The van der Waals surface area contributed by atoms with Crippen molar-refractivity contribution < 1.29 is 28.9 Å². The van der Waals surface area contributed by atoms with Crippen molar-refractivity contribution in [2.75, 3.05) is 25.7 Å².